The number of aliphatic hydroxyl groups excluding tert-OH is 1. The van der Waals surface area contributed by atoms with Crippen LogP contribution in [0.3, 0.4) is 0 Å². The van der Waals surface area contributed by atoms with E-state index >= 15 is 0 Å². The molecule has 148 valence electrons. The van der Waals surface area contributed by atoms with Crippen LogP contribution in [0.1, 0.15) is 13.8 Å². The fraction of sp³-hybridized carbons (Fsp3) is 0.278. The molecule has 7 nitrogen and oxygen atoms in total. The van der Waals surface area contributed by atoms with Crippen LogP contribution in [-0.4, -0.2) is 37.5 Å². The molecule has 0 amide bonds. The van der Waals surface area contributed by atoms with Crippen LogP contribution < -0.4 is 10.6 Å². The number of halogens is 3. The average molecular weight is 392 g/mol. The second kappa shape index (κ2) is 8.26. The standard InChI is InChI=1S/C18H19F3N6O/c1-3-22-15-6-11(4-5-23-15)17-25-18(26-27(17)9-10(2)28)24-12-7-13(19)16(21)14(20)8-12/h4-8,10,28H,3,9H2,1-2H3,(H,22,23)(H,24,26)/t10-/m0/s1. The Labute approximate surface area is 159 Å². The maximum absolute atomic E-state index is 13.4. The molecule has 0 unspecified atom stereocenters. The fourth-order valence-corrected chi connectivity index (χ4v) is 2.59. The average Bonchev–Trinajstić information content (AvgIpc) is 3.01. The van der Waals surface area contributed by atoms with Gasteiger partial charge in [0.25, 0.3) is 0 Å². The summed E-state index contributed by atoms with van der Waals surface area (Å²) in [7, 11) is 0. The van der Waals surface area contributed by atoms with Crippen LogP contribution >= 0.6 is 0 Å². The Kier molecular flexibility index (Phi) is 5.78. The van der Waals surface area contributed by atoms with E-state index in [9.17, 15) is 18.3 Å². The maximum atomic E-state index is 13.4. The molecule has 2 aromatic heterocycles. The summed E-state index contributed by atoms with van der Waals surface area (Å²) in [6.45, 7) is 4.37. The van der Waals surface area contributed by atoms with Gasteiger partial charge in [-0.15, -0.1) is 5.10 Å². The normalized spacial score (nSPS) is 12.1. The third kappa shape index (κ3) is 4.39. The summed E-state index contributed by atoms with van der Waals surface area (Å²) in [5.41, 5.74) is 0.642. The Bertz CT molecular complexity index is 953. The molecule has 0 saturated heterocycles. The van der Waals surface area contributed by atoms with Crippen LogP contribution in [0, 0.1) is 17.5 Å². The molecule has 0 spiro atoms. The Hall–Kier alpha value is -3.14. The van der Waals surface area contributed by atoms with Crippen LogP contribution in [0.4, 0.5) is 30.6 Å². The molecule has 0 aliphatic rings. The summed E-state index contributed by atoms with van der Waals surface area (Å²) >= 11 is 0. The highest BCUT2D eigenvalue weighted by atomic mass is 19.2. The lowest BCUT2D eigenvalue weighted by Crippen LogP contribution is -2.14. The highest BCUT2D eigenvalue weighted by molar-refractivity contribution is 5.62. The lowest BCUT2D eigenvalue weighted by atomic mass is 10.2. The number of anilines is 3. The predicted molar refractivity (Wildman–Crippen MR) is 98.7 cm³/mol. The van der Waals surface area contributed by atoms with Gasteiger partial charge in [-0.1, -0.05) is 0 Å². The minimum Gasteiger partial charge on any atom is -0.391 e. The molecular formula is C18H19F3N6O. The van der Waals surface area contributed by atoms with E-state index in [-0.39, 0.29) is 18.2 Å². The Morgan fingerprint density at radius 1 is 1.18 bits per heavy atom. The minimum atomic E-state index is -1.55. The number of benzene rings is 1. The first-order valence-electron chi connectivity index (χ1n) is 8.62. The number of hydrogen-bond donors (Lipinski definition) is 3. The number of aliphatic hydroxyl groups is 1. The van der Waals surface area contributed by atoms with E-state index in [1.807, 2.05) is 6.92 Å². The quantitative estimate of drug-likeness (QED) is 0.535. The van der Waals surface area contributed by atoms with Gasteiger partial charge in [-0.25, -0.2) is 22.8 Å². The van der Waals surface area contributed by atoms with Crippen molar-refractivity contribution in [3.63, 3.8) is 0 Å². The van der Waals surface area contributed by atoms with Gasteiger partial charge in [-0.2, -0.15) is 4.98 Å². The molecule has 0 aliphatic heterocycles. The molecule has 0 bridgehead atoms. The van der Waals surface area contributed by atoms with Crippen molar-refractivity contribution in [1.82, 2.24) is 19.7 Å². The zero-order valence-electron chi connectivity index (χ0n) is 15.2. The van der Waals surface area contributed by atoms with Crippen molar-refractivity contribution in [2.45, 2.75) is 26.5 Å². The first kappa shape index (κ1) is 19.6. The van der Waals surface area contributed by atoms with Crippen LogP contribution in [0.2, 0.25) is 0 Å². The first-order valence-corrected chi connectivity index (χ1v) is 8.62. The van der Waals surface area contributed by atoms with Crippen LogP contribution in [0.5, 0.6) is 0 Å². The number of nitrogens with zero attached hydrogens (tertiary/aromatic N) is 4. The molecule has 0 radical (unpaired) electrons. The lowest BCUT2D eigenvalue weighted by molar-refractivity contribution is 0.169. The van der Waals surface area contributed by atoms with Gasteiger partial charge in [-0.05, 0) is 26.0 Å². The van der Waals surface area contributed by atoms with Crippen molar-refractivity contribution in [3.8, 4) is 11.4 Å². The number of hydrogen-bond acceptors (Lipinski definition) is 6. The number of rotatable bonds is 7. The predicted octanol–water partition coefficient (Wildman–Crippen LogP) is 3.31. The topological polar surface area (TPSA) is 87.9 Å². The summed E-state index contributed by atoms with van der Waals surface area (Å²) < 4.78 is 41.5. The van der Waals surface area contributed by atoms with E-state index in [0.29, 0.717) is 23.8 Å². The second-order valence-corrected chi connectivity index (χ2v) is 6.13. The maximum Gasteiger partial charge on any atom is 0.247 e. The summed E-state index contributed by atoms with van der Waals surface area (Å²) in [6.07, 6.45) is 0.899. The van der Waals surface area contributed by atoms with E-state index in [2.05, 4.69) is 25.7 Å². The zero-order valence-corrected chi connectivity index (χ0v) is 15.2. The molecule has 1 aromatic carbocycles. The van der Waals surface area contributed by atoms with Gasteiger partial charge in [0.15, 0.2) is 23.3 Å². The molecule has 3 N–H and O–H groups in total. The van der Waals surface area contributed by atoms with E-state index in [1.54, 1.807) is 25.3 Å². The zero-order chi connectivity index (χ0) is 20.3. The van der Waals surface area contributed by atoms with Crippen molar-refractivity contribution >= 4 is 17.5 Å². The van der Waals surface area contributed by atoms with Crippen LogP contribution in [0.15, 0.2) is 30.5 Å². The van der Waals surface area contributed by atoms with E-state index in [1.165, 1.54) is 4.68 Å². The SMILES string of the molecule is CCNc1cc(-c2nc(Nc3cc(F)c(F)c(F)c3)nn2C[C@H](C)O)ccn1. The van der Waals surface area contributed by atoms with E-state index < -0.39 is 23.6 Å². The molecule has 2 heterocycles. The molecular weight excluding hydrogens is 373 g/mol. The molecule has 0 saturated carbocycles. The molecule has 1 atom stereocenters. The van der Waals surface area contributed by atoms with Gasteiger partial charge in [0.05, 0.1) is 12.6 Å². The molecule has 3 aromatic rings. The molecule has 0 fully saturated rings. The number of aromatic nitrogens is 4. The Morgan fingerprint density at radius 3 is 2.54 bits per heavy atom. The highest BCUT2D eigenvalue weighted by Gasteiger charge is 2.16. The Balaban J connectivity index is 1.97. The van der Waals surface area contributed by atoms with Crippen LogP contribution in [-0.2, 0) is 6.54 Å². The first-order chi connectivity index (χ1) is 13.4. The fourth-order valence-electron chi connectivity index (χ4n) is 2.59. The van der Waals surface area contributed by atoms with Gasteiger partial charge in [-0.3, -0.25) is 0 Å². The molecule has 10 heteroatoms. The largest absolute Gasteiger partial charge is 0.391 e. The van der Waals surface area contributed by atoms with Gasteiger partial charge in [0.1, 0.15) is 5.82 Å². The van der Waals surface area contributed by atoms with Crippen molar-refractivity contribution in [2.24, 2.45) is 0 Å². The highest BCUT2D eigenvalue weighted by Crippen LogP contribution is 2.24. The van der Waals surface area contributed by atoms with Crippen LogP contribution in [0.25, 0.3) is 11.4 Å². The summed E-state index contributed by atoms with van der Waals surface area (Å²) in [5.74, 6) is -3.09. The van der Waals surface area contributed by atoms with Gasteiger partial charge in [0, 0.05) is 36.1 Å². The third-order valence-electron chi connectivity index (χ3n) is 3.72. The van der Waals surface area contributed by atoms with Gasteiger partial charge in [0.2, 0.25) is 5.95 Å². The third-order valence-corrected chi connectivity index (χ3v) is 3.72. The van der Waals surface area contributed by atoms with Gasteiger partial charge >= 0.3 is 0 Å². The molecule has 0 aliphatic carbocycles. The monoisotopic (exact) mass is 392 g/mol. The number of nitrogens with one attached hydrogen (secondary N) is 2. The van der Waals surface area contributed by atoms with E-state index in [0.717, 1.165) is 12.1 Å². The lowest BCUT2D eigenvalue weighted by Gasteiger charge is -2.09. The summed E-state index contributed by atoms with van der Waals surface area (Å²) in [6, 6.07) is 5.11. The van der Waals surface area contributed by atoms with Gasteiger partial charge < -0.3 is 15.7 Å². The Morgan fingerprint density at radius 2 is 1.89 bits per heavy atom. The summed E-state index contributed by atoms with van der Waals surface area (Å²) in [4.78, 5) is 8.54. The van der Waals surface area contributed by atoms with Crippen molar-refractivity contribution in [3.05, 3.63) is 47.9 Å². The molecule has 3 rings (SSSR count). The van der Waals surface area contributed by atoms with Crippen molar-refractivity contribution < 1.29 is 18.3 Å². The number of pyridine rings is 1. The van der Waals surface area contributed by atoms with Crippen molar-refractivity contribution in [1.29, 1.82) is 0 Å². The minimum absolute atomic E-state index is 0.0415. The smallest absolute Gasteiger partial charge is 0.247 e. The van der Waals surface area contributed by atoms with E-state index in [4.69, 9.17) is 0 Å². The van der Waals surface area contributed by atoms with Crippen molar-refractivity contribution in [2.75, 3.05) is 17.2 Å². The second-order valence-electron chi connectivity index (χ2n) is 6.13. The summed E-state index contributed by atoms with van der Waals surface area (Å²) in [5, 5.41) is 19.7. The molecule has 28 heavy (non-hydrogen) atoms.